The van der Waals surface area contributed by atoms with Crippen molar-refractivity contribution >= 4 is 21.6 Å². The third-order valence-electron chi connectivity index (χ3n) is 2.59. The van der Waals surface area contributed by atoms with E-state index in [-0.39, 0.29) is 5.56 Å². The Balaban J connectivity index is 3.00. The van der Waals surface area contributed by atoms with Gasteiger partial charge in [0.15, 0.2) is 0 Å². The van der Waals surface area contributed by atoms with Gasteiger partial charge >= 0.3 is 0 Å². The molecule has 0 unspecified atom stereocenters. The van der Waals surface area contributed by atoms with Gasteiger partial charge in [0, 0.05) is 4.88 Å². The van der Waals surface area contributed by atoms with Crippen LogP contribution >= 0.6 is 11.3 Å². The number of nitrogens with two attached hydrogens (primary N) is 1. The third kappa shape index (κ3) is 1.34. The van der Waals surface area contributed by atoms with Crippen LogP contribution in [0.2, 0.25) is 0 Å². The van der Waals surface area contributed by atoms with Crippen molar-refractivity contribution in [2.75, 3.05) is 5.84 Å². The fourth-order valence-corrected chi connectivity index (χ4v) is 2.91. The average Bonchev–Trinajstić information content (AvgIpc) is 2.50. The number of hydrogen-bond donors (Lipinski definition) is 1. The van der Waals surface area contributed by atoms with Gasteiger partial charge in [0.05, 0.1) is 5.39 Å². The molecule has 15 heavy (non-hydrogen) atoms. The van der Waals surface area contributed by atoms with Crippen LogP contribution in [0.5, 0.6) is 0 Å². The molecule has 0 saturated carbocycles. The van der Waals surface area contributed by atoms with Gasteiger partial charge in [0.1, 0.15) is 10.7 Å². The molecule has 0 aliphatic carbocycles. The molecule has 0 bridgehead atoms. The number of aryl methyl sites for hydroxylation is 3. The maximum atomic E-state index is 11.9. The smallest absolute Gasteiger partial charge is 0.280 e. The topological polar surface area (TPSA) is 60.9 Å². The molecule has 4 nitrogen and oxygen atoms in total. The van der Waals surface area contributed by atoms with Crippen LogP contribution in [0.3, 0.4) is 0 Å². The zero-order valence-electron chi connectivity index (χ0n) is 9.00. The van der Waals surface area contributed by atoms with Crippen LogP contribution in [0.15, 0.2) is 4.79 Å². The minimum absolute atomic E-state index is 0.140. The molecule has 0 fully saturated rings. The van der Waals surface area contributed by atoms with Gasteiger partial charge in [-0.1, -0.05) is 6.92 Å². The molecular weight excluding hydrogens is 210 g/mol. The SMILES string of the molecule is CCc1c(C)sc2nc(C)n(N)c(=O)c12. The lowest BCUT2D eigenvalue weighted by molar-refractivity contribution is 0.852. The first-order valence-electron chi connectivity index (χ1n) is 4.83. The second-order valence-electron chi connectivity index (χ2n) is 3.50. The van der Waals surface area contributed by atoms with Crippen LogP contribution in [0, 0.1) is 13.8 Å². The quantitative estimate of drug-likeness (QED) is 0.742. The lowest BCUT2D eigenvalue weighted by Gasteiger charge is -2.02. The van der Waals surface area contributed by atoms with Crippen LogP contribution < -0.4 is 11.4 Å². The summed E-state index contributed by atoms with van der Waals surface area (Å²) < 4.78 is 1.12. The summed E-state index contributed by atoms with van der Waals surface area (Å²) in [4.78, 5) is 18.2. The van der Waals surface area contributed by atoms with Crippen LogP contribution in [0.4, 0.5) is 0 Å². The predicted octanol–water partition coefficient (Wildman–Crippen LogP) is 1.35. The highest BCUT2D eigenvalue weighted by Gasteiger charge is 2.14. The number of aromatic nitrogens is 2. The van der Waals surface area contributed by atoms with E-state index in [0.29, 0.717) is 11.2 Å². The van der Waals surface area contributed by atoms with Gasteiger partial charge in [0.25, 0.3) is 5.56 Å². The minimum atomic E-state index is -0.140. The zero-order chi connectivity index (χ0) is 11.2. The summed E-state index contributed by atoms with van der Waals surface area (Å²) in [5, 5.41) is 0.688. The van der Waals surface area contributed by atoms with Gasteiger partial charge in [-0.25, -0.2) is 9.66 Å². The molecule has 5 heteroatoms. The Morgan fingerprint density at radius 2 is 2.13 bits per heavy atom. The Bertz CT molecular complexity index is 582. The first-order valence-corrected chi connectivity index (χ1v) is 5.64. The van der Waals surface area contributed by atoms with E-state index in [1.54, 1.807) is 18.3 Å². The molecule has 2 rings (SSSR count). The van der Waals surface area contributed by atoms with Crippen LogP contribution in [0.25, 0.3) is 10.2 Å². The van der Waals surface area contributed by atoms with E-state index in [0.717, 1.165) is 26.4 Å². The Hall–Kier alpha value is -1.36. The summed E-state index contributed by atoms with van der Waals surface area (Å²) in [6.07, 6.45) is 0.839. The van der Waals surface area contributed by atoms with Gasteiger partial charge in [-0.3, -0.25) is 4.79 Å². The third-order valence-corrected chi connectivity index (χ3v) is 3.63. The Morgan fingerprint density at radius 1 is 1.47 bits per heavy atom. The van der Waals surface area contributed by atoms with Crippen molar-refractivity contribution in [2.45, 2.75) is 27.2 Å². The van der Waals surface area contributed by atoms with Crippen molar-refractivity contribution in [3.8, 4) is 0 Å². The number of nitrogen functional groups attached to an aromatic ring is 1. The Morgan fingerprint density at radius 3 is 2.73 bits per heavy atom. The minimum Gasteiger partial charge on any atom is -0.335 e. The summed E-state index contributed by atoms with van der Waals surface area (Å²) in [5.41, 5.74) is 0.936. The monoisotopic (exact) mass is 223 g/mol. The highest BCUT2D eigenvalue weighted by molar-refractivity contribution is 7.18. The standard InChI is InChI=1S/C10H13N3OS/c1-4-7-5(2)15-9-8(7)10(14)13(11)6(3)12-9/h4,11H2,1-3H3. The molecule has 0 aromatic carbocycles. The first kappa shape index (κ1) is 10.2. The van der Waals surface area contributed by atoms with Crippen molar-refractivity contribution in [1.82, 2.24) is 9.66 Å². The molecule has 2 aromatic heterocycles. The Labute approximate surface area is 91.3 Å². The van der Waals surface area contributed by atoms with Crippen molar-refractivity contribution in [1.29, 1.82) is 0 Å². The molecule has 0 atom stereocenters. The molecule has 0 amide bonds. The van der Waals surface area contributed by atoms with E-state index in [9.17, 15) is 4.79 Å². The molecule has 0 radical (unpaired) electrons. The Kier molecular flexibility index (Phi) is 2.26. The lowest BCUT2D eigenvalue weighted by Crippen LogP contribution is -2.30. The van der Waals surface area contributed by atoms with Gasteiger partial charge in [-0.15, -0.1) is 11.3 Å². The first-order chi connectivity index (χ1) is 7.06. The van der Waals surface area contributed by atoms with E-state index in [1.165, 1.54) is 0 Å². The van der Waals surface area contributed by atoms with Crippen molar-refractivity contribution in [2.24, 2.45) is 0 Å². The van der Waals surface area contributed by atoms with Gasteiger partial charge < -0.3 is 5.84 Å². The average molecular weight is 223 g/mol. The van der Waals surface area contributed by atoms with Crippen molar-refractivity contribution < 1.29 is 0 Å². The molecule has 2 heterocycles. The molecule has 0 saturated heterocycles. The number of fused-ring (bicyclic) bond motifs is 1. The normalized spacial score (nSPS) is 11.1. The summed E-state index contributed by atoms with van der Waals surface area (Å²) in [6, 6.07) is 0. The van der Waals surface area contributed by atoms with Crippen molar-refractivity contribution in [3.63, 3.8) is 0 Å². The molecule has 2 aromatic rings. The van der Waals surface area contributed by atoms with Gasteiger partial charge in [0.2, 0.25) is 0 Å². The second-order valence-corrected chi connectivity index (χ2v) is 4.71. The maximum Gasteiger partial charge on any atom is 0.280 e. The summed E-state index contributed by atoms with van der Waals surface area (Å²) in [7, 11) is 0. The van der Waals surface area contributed by atoms with E-state index < -0.39 is 0 Å². The lowest BCUT2D eigenvalue weighted by atomic mass is 10.1. The number of rotatable bonds is 1. The number of thiophene rings is 1. The van der Waals surface area contributed by atoms with E-state index >= 15 is 0 Å². The summed E-state index contributed by atoms with van der Waals surface area (Å²) in [6.45, 7) is 5.79. The molecular formula is C10H13N3OS. The zero-order valence-corrected chi connectivity index (χ0v) is 9.81. The van der Waals surface area contributed by atoms with Crippen LogP contribution in [-0.2, 0) is 6.42 Å². The molecule has 80 valence electrons. The van der Waals surface area contributed by atoms with E-state index in [4.69, 9.17) is 5.84 Å². The largest absolute Gasteiger partial charge is 0.335 e. The number of nitrogens with zero attached hydrogens (tertiary/aromatic N) is 2. The molecule has 0 aliphatic heterocycles. The maximum absolute atomic E-state index is 11.9. The summed E-state index contributed by atoms with van der Waals surface area (Å²) in [5.74, 6) is 6.18. The second kappa shape index (κ2) is 3.34. The predicted molar refractivity (Wildman–Crippen MR) is 62.9 cm³/mol. The van der Waals surface area contributed by atoms with E-state index in [1.807, 2.05) is 13.8 Å². The van der Waals surface area contributed by atoms with Gasteiger partial charge in [-0.05, 0) is 25.8 Å². The molecule has 2 N–H and O–H groups in total. The fourth-order valence-electron chi connectivity index (χ4n) is 1.76. The highest BCUT2D eigenvalue weighted by Crippen LogP contribution is 2.27. The molecule has 0 spiro atoms. The number of hydrogen-bond acceptors (Lipinski definition) is 4. The summed E-state index contributed by atoms with van der Waals surface area (Å²) >= 11 is 1.56. The van der Waals surface area contributed by atoms with Crippen LogP contribution in [-0.4, -0.2) is 9.66 Å². The highest BCUT2D eigenvalue weighted by atomic mass is 32.1. The molecule has 0 aliphatic rings. The van der Waals surface area contributed by atoms with Crippen LogP contribution in [0.1, 0.15) is 23.2 Å². The van der Waals surface area contributed by atoms with Crippen molar-refractivity contribution in [3.05, 3.63) is 26.6 Å². The fraction of sp³-hybridized carbons (Fsp3) is 0.400. The van der Waals surface area contributed by atoms with Gasteiger partial charge in [-0.2, -0.15) is 0 Å². The van der Waals surface area contributed by atoms with E-state index in [2.05, 4.69) is 4.98 Å².